The first-order chi connectivity index (χ1) is 10.0. The van der Waals surface area contributed by atoms with E-state index in [9.17, 15) is 13.2 Å². The third-order valence-corrected chi connectivity index (χ3v) is 3.99. The SMILES string of the molecule is CC.CC(=O)c1ccccc1NS(=O)(=O)c1ccccc1. The minimum absolute atomic E-state index is 0.161. The van der Waals surface area contributed by atoms with Gasteiger partial charge in [-0.25, -0.2) is 8.42 Å². The number of sulfonamides is 1. The molecule has 4 nitrogen and oxygen atoms in total. The van der Waals surface area contributed by atoms with E-state index in [0.717, 1.165) is 0 Å². The minimum Gasteiger partial charge on any atom is -0.294 e. The van der Waals surface area contributed by atoms with Crippen LogP contribution in [-0.2, 0) is 10.0 Å². The molecule has 0 radical (unpaired) electrons. The summed E-state index contributed by atoms with van der Waals surface area (Å²) in [5, 5.41) is 0. The van der Waals surface area contributed by atoms with E-state index in [2.05, 4.69) is 4.72 Å². The van der Waals surface area contributed by atoms with Crippen molar-refractivity contribution in [1.29, 1.82) is 0 Å². The van der Waals surface area contributed by atoms with Crippen LogP contribution in [0.3, 0.4) is 0 Å². The van der Waals surface area contributed by atoms with Gasteiger partial charge in [0.25, 0.3) is 10.0 Å². The molecule has 0 bridgehead atoms. The lowest BCUT2D eigenvalue weighted by molar-refractivity contribution is 0.101. The quantitative estimate of drug-likeness (QED) is 0.876. The van der Waals surface area contributed by atoms with Crippen molar-refractivity contribution in [2.45, 2.75) is 25.7 Å². The zero-order valence-corrected chi connectivity index (χ0v) is 13.1. The van der Waals surface area contributed by atoms with Crippen LogP contribution in [0.25, 0.3) is 0 Å². The molecule has 21 heavy (non-hydrogen) atoms. The number of Topliss-reactive ketones (excluding diaryl/α,β-unsaturated/α-hetero) is 1. The Balaban J connectivity index is 0.00000106. The lowest BCUT2D eigenvalue weighted by Crippen LogP contribution is -2.14. The van der Waals surface area contributed by atoms with Crippen LogP contribution in [0.2, 0.25) is 0 Å². The third kappa shape index (κ3) is 4.43. The Kier molecular flexibility index (Phi) is 6.11. The summed E-state index contributed by atoms with van der Waals surface area (Å²) in [5.74, 6) is -0.189. The van der Waals surface area contributed by atoms with Crippen molar-refractivity contribution in [3.05, 3.63) is 60.2 Å². The number of hydrogen-bond acceptors (Lipinski definition) is 3. The predicted octanol–water partition coefficient (Wildman–Crippen LogP) is 3.72. The maximum absolute atomic E-state index is 12.2. The van der Waals surface area contributed by atoms with Crippen LogP contribution in [0, 0.1) is 0 Å². The highest BCUT2D eigenvalue weighted by molar-refractivity contribution is 7.92. The minimum atomic E-state index is -3.67. The molecule has 0 aromatic heterocycles. The summed E-state index contributed by atoms with van der Waals surface area (Å²) in [5.41, 5.74) is 0.640. The summed E-state index contributed by atoms with van der Waals surface area (Å²) in [6.45, 7) is 5.40. The number of rotatable bonds is 4. The van der Waals surface area contributed by atoms with Gasteiger partial charge in [-0.2, -0.15) is 0 Å². The highest BCUT2D eigenvalue weighted by Gasteiger charge is 2.16. The lowest BCUT2D eigenvalue weighted by atomic mass is 10.1. The van der Waals surface area contributed by atoms with Crippen LogP contribution >= 0.6 is 0 Å². The molecule has 2 aromatic carbocycles. The average molecular weight is 305 g/mol. The lowest BCUT2D eigenvalue weighted by Gasteiger charge is -2.10. The molecule has 2 aromatic rings. The second kappa shape index (κ2) is 7.59. The van der Waals surface area contributed by atoms with Gasteiger partial charge in [0.2, 0.25) is 0 Å². The van der Waals surface area contributed by atoms with Crippen LogP contribution in [0.4, 0.5) is 5.69 Å². The van der Waals surface area contributed by atoms with Gasteiger partial charge in [0, 0.05) is 5.56 Å². The first-order valence-corrected chi connectivity index (χ1v) is 8.17. The molecule has 112 valence electrons. The number of hydrogen-bond donors (Lipinski definition) is 1. The summed E-state index contributed by atoms with van der Waals surface area (Å²) in [7, 11) is -3.67. The zero-order valence-electron chi connectivity index (χ0n) is 12.3. The topological polar surface area (TPSA) is 63.2 Å². The van der Waals surface area contributed by atoms with Crippen molar-refractivity contribution in [2.24, 2.45) is 0 Å². The molecule has 0 atom stereocenters. The van der Waals surface area contributed by atoms with Crippen molar-refractivity contribution >= 4 is 21.5 Å². The van der Waals surface area contributed by atoms with E-state index in [4.69, 9.17) is 0 Å². The fourth-order valence-electron chi connectivity index (χ4n) is 1.68. The average Bonchev–Trinajstić information content (AvgIpc) is 2.50. The van der Waals surface area contributed by atoms with Crippen LogP contribution in [0.15, 0.2) is 59.5 Å². The smallest absolute Gasteiger partial charge is 0.261 e. The van der Waals surface area contributed by atoms with E-state index in [1.54, 1.807) is 42.5 Å². The molecular weight excluding hydrogens is 286 g/mol. The van der Waals surface area contributed by atoms with E-state index in [0.29, 0.717) is 11.3 Å². The molecule has 1 N–H and O–H groups in total. The highest BCUT2D eigenvalue weighted by Crippen LogP contribution is 2.20. The number of carbonyl (C=O) groups excluding carboxylic acids is 1. The van der Waals surface area contributed by atoms with Gasteiger partial charge < -0.3 is 0 Å². The summed E-state index contributed by atoms with van der Waals surface area (Å²) >= 11 is 0. The largest absolute Gasteiger partial charge is 0.294 e. The second-order valence-electron chi connectivity index (χ2n) is 4.02. The Bertz CT molecular complexity index is 694. The molecule has 2 rings (SSSR count). The van der Waals surface area contributed by atoms with Gasteiger partial charge in [-0.3, -0.25) is 9.52 Å². The van der Waals surface area contributed by atoms with Gasteiger partial charge in [0.05, 0.1) is 10.6 Å². The van der Waals surface area contributed by atoms with Crippen molar-refractivity contribution in [2.75, 3.05) is 4.72 Å². The summed E-state index contributed by atoms with van der Waals surface area (Å²) in [6, 6.07) is 14.5. The molecule has 0 aliphatic heterocycles. The van der Waals surface area contributed by atoms with Crippen molar-refractivity contribution < 1.29 is 13.2 Å². The maximum Gasteiger partial charge on any atom is 0.261 e. The second-order valence-corrected chi connectivity index (χ2v) is 5.70. The molecular formula is C16H19NO3S. The first-order valence-electron chi connectivity index (χ1n) is 6.68. The number of anilines is 1. The fourth-order valence-corrected chi connectivity index (χ4v) is 2.78. The zero-order chi connectivity index (χ0) is 15.9. The van der Waals surface area contributed by atoms with E-state index in [1.165, 1.54) is 19.1 Å². The molecule has 0 unspecified atom stereocenters. The predicted molar refractivity (Wildman–Crippen MR) is 85.0 cm³/mol. The van der Waals surface area contributed by atoms with Gasteiger partial charge >= 0.3 is 0 Å². The van der Waals surface area contributed by atoms with Crippen molar-refractivity contribution in [3.8, 4) is 0 Å². The van der Waals surface area contributed by atoms with Gasteiger partial charge in [0.1, 0.15) is 0 Å². The maximum atomic E-state index is 12.2. The number of nitrogens with one attached hydrogen (secondary N) is 1. The molecule has 0 amide bonds. The fraction of sp³-hybridized carbons (Fsp3) is 0.188. The van der Waals surface area contributed by atoms with Crippen LogP contribution in [0.5, 0.6) is 0 Å². The molecule has 0 saturated carbocycles. The van der Waals surface area contributed by atoms with Crippen LogP contribution in [-0.4, -0.2) is 14.2 Å². The molecule has 0 heterocycles. The van der Waals surface area contributed by atoms with Crippen LogP contribution in [0.1, 0.15) is 31.1 Å². The van der Waals surface area contributed by atoms with E-state index in [1.807, 2.05) is 13.8 Å². The third-order valence-electron chi connectivity index (χ3n) is 2.60. The molecule has 0 aliphatic carbocycles. The Morgan fingerprint density at radius 3 is 2.00 bits per heavy atom. The molecule has 0 spiro atoms. The van der Waals surface area contributed by atoms with Gasteiger partial charge in [-0.1, -0.05) is 44.2 Å². The normalized spacial score (nSPS) is 10.2. The Hall–Kier alpha value is -2.14. The monoisotopic (exact) mass is 305 g/mol. The van der Waals surface area contributed by atoms with E-state index in [-0.39, 0.29) is 10.7 Å². The van der Waals surface area contributed by atoms with E-state index < -0.39 is 10.0 Å². The highest BCUT2D eigenvalue weighted by atomic mass is 32.2. The van der Waals surface area contributed by atoms with Gasteiger partial charge in [-0.05, 0) is 31.2 Å². The standard InChI is InChI=1S/C14H13NO3S.C2H6/c1-11(16)13-9-5-6-10-14(13)15-19(17,18)12-7-3-2-4-8-12;1-2/h2-10,15H,1H3;1-2H3. The van der Waals surface area contributed by atoms with Gasteiger partial charge in [0.15, 0.2) is 5.78 Å². The summed E-state index contributed by atoms with van der Waals surface area (Å²) in [4.78, 5) is 11.6. The molecule has 0 fully saturated rings. The Morgan fingerprint density at radius 2 is 1.43 bits per heavy atom. The number of benzene rings is 2. The number of ketones is 1. The Morgan fingerprint density at radius 1 is 0.905 bits per heavy atom. The number of para-hydroxylation sites is 1. The van der Waals surface area contributed by atoms with Crippen molar-refractivity contribution in [3.63, 3.8) is 0 Å². The number of carbonyl (C=O) groups is 1. The summed E-state index contributed by atoms with van der Waals surface area (Å²) in [6.07, 6.45) is 0. The Labute approximate surface area is 125 Å². The molecule has 0 aliphatic rings. The van der Waals surface area contributed by atoms with E-state index >= 15 is 0 Å². The molecule has 0 saturated heterocycles. The van der Waals surface area contributed by atoms with Gasteiger partial charge in [-0.15, -0.1) is 0 Å². The first kappa shape index (κ1) is 16.9. The molecule has 5 heteroatoms. The summed E-state index contributed by atoms with van der Waals surface area (Å²) < 4.78 is 26.7. The van der Waals surface area contributed by atoms with Crippen molar-refractivity contribution in [1.82, 2.24) is 0 Å². The van der Waals surface area contributed by atoms with Crippen LogP contribution < -0.4 is 4.72 Å².